The Labute approximate surface area is 115 Å². The number of thiocarbonyl (C=S) groups is 1. The topological polar surface area (TPSA) is 24.1 Å². The van der Waals surface area contributed by atoms with E-state index in [0.29, 0.717) is 12.1 Å². The Kier molecular flexibility index (Phi) is 2.79. The molecule has 2 nitrogen and oxygen atoms in total. The van der Waals surface area contributed by atoms with E-state index >= 15 is 0 Å². The summed E-state index contributed by atoms with van der Waals surface area (Å²) in [6.45, 7) is 0. The van der Waals surface area contributed by atoms with Crippen LogP contribution in [0.1, 0.15) is 51.4 Å². The van der Waals surface area contributed by atoms with Crippen LogP contribution in [0.5, 0.6) is 0 Å². The second kappa shape index (κ2) is 4.36. The fourth-order valence-corrected chi connectivity index (χ4v) is 5.52. The van der Waals surface area contributed by atoms with Crippen LogP contribution in [-0.2, 0) is 0 Å². The van der Waals surface area contributed by atoms with Gasteiger partial charge in [-0.25, -0.2) is 0 Å². The lowest BCUT2D eigenvalue weighted by atomic mass is 9.95. The molecule has 0 aromatic heterocycles. The average molecular weight is 264 g/mol. The van der Waals surface area contributed by atoms with Crippen molar-refractivity contribution in [1.29, 1.82) is 0 Å². The van der Waals surface area contributed by atoms with E-state index in [9.17, 15) is 0 Å². The molecule has 0 heterocycles. The third kappa shape index (κ3) is 1.95. The number of fused-ring (bicyclic) bond motifs is 4. The highest BCUT2D eigenvalue weighted by molar-refractivity contribution is 7.80. The summed E-state index contributed by atoms with van der Waals surface area (Å²) in [6.07, 6.45) is 11.4. The molecule has 0 aromatic carbocycles. The van der Waals surface area contributed by atoms with Crippen LogP contribution in [0.3, 0.4) is 0 Å². The van der Waals surface area contributed by atoms with E-state index in [2.05, 4.69) is 10.6 Å². The summed E-state index contributed by atoms with van der Waals surface area (Å²) in [5.41, 5.74) is 0. The first-order valence-electron chi connectivity index (χ1n) is 7.85. The molecule has 4 aliphatic rings. The first kappa shape index (κ1) is 11.5. The molecule has 4 bridgehead atoms. The Morgan fingerprint density at radius 2 is 1.22 bits per heavy atom. The highest BCUT2D eigenvalue weighted by atomic mass is 32.1. The van der Waals surface area contributed by atoms with E-state index in [4.69, 9.17) is 12.2 Å². The van der Waals surface area contributed by atoms with E-state index in [-0.39, 0.29) is 0 Å². The van der Waals surface area contributed by atoms with Crippen LogP contribution in [0, 0.1) is 23.7 Å². The summed E-state index contributed by atoms with van der Waals surface area (Å²) < 4.78 is 0. The van der Waals surface area contributed by atoms with E-state index in [1.807, 2.05) is 0 Å². The maximum Gasteiger partial charge on any atom is 0.166 e. The SMILES string of the molecule is S=C(NC1CC2CCC1C2)NC1CC2CCC1C2. The fraction of sp³-hybridized carbons (Fsp3) is 0.933. The summed E-state index contributed by atoms with van der Waals surface area (Å²) >= 11 is 5.54. The largest absolute Gasteiger partial charge is 0.360 e. The Morgan fingerprint density at radius 3 is 1.56 bits per heavy atom. The molecule has 3 heteroatoms. The molecule has 100 valence electrons. The maximum atomic E-state index is 5.54. The fourth-order valence-electron chi connectivity index (χ4n) is 5.22. The van der Waals surface area contributed by atoms with E-state index in [1.54, 1.807) is 0 Å². The van der Waals surface area contributed by atoms with Crippen LogP contribution in [0.4, 0.5) is 0 Å². The number of rotatable bonds is 2. The predicted octanol–water partition coefficient (Wildman–Crippen LogP) is 2.83. The van der Waals surface area contributed by atoms with Gasteiger partial charge in [0.1, 0.15) is 0 Å². The minimum Gasteiger partial charge on any atom is -0.360 e. The van der Waals surface area contributed by atoms with Crippen molar-refractivity contribution in [3.8, 4) is 0 Å². The minimum atomic E-state index is 0.683. The van der Waals surface area contributed by atoms with Crippen molar-refractivity contribution in [3.63, 3.8) is 0 Å². The third-order valence-corrected chi connectivity index (χ3v) is 6.34. The van der Waals surface area contributed by atoms with Gasteiger partial charge in [0.15, 0.2) is 5.11 Å². The van der Waals surface area contributed by atoms with Gasteiger partial charge in [-0.05, 0) is 74.4 Å². The van der Waals surface area contributed by atoms with Gasteiger partial charge in [-0.2, -0.15) is 0 Å². The molecule has 0 spiro atoms. The molecule has 6 atom stereocenters. The predicted molar refractivity (Wildman–Crippen MR) is 77.3 cm³/mol. The molecule has 2 N–H and O–H groups in total. The zero-order chi connectivity index (χ0) is 12.1. The molecule has 0 aliphatic heterocycles. The van der Waals surface area contributed by atoms with Gasteiger partial charge in [0.25, 0.3) is 0 Å². The molecular formula is C15H24N2S. The Bertz CT molecular complexity index is 324. The van der Waals surface area contributed by atoms with Gasteiger partial charge >= 0.3 is 0 Å². The van der Waals surface area contributed by atoms with Crippen molar-refractivity contribution in [3.05, 3.63) is 0 Å². The molecule has 4 saturated carbocycles. The molecule has 18 heavy (non-hydrogen) atoms. The highest BCUT2D eigenvalue weighted by Gasteiger charge is 2.41. The van der Waals surface area contributed by atoms with Gasteiger partial charge in [-0.1, -0.05) is 12.8 Å². The van der Waals surface area contributed by atoms with Crippen molar-refractivity contribution in [2.75, 3.05) is 0 Å². The van der Waals surface area contributed by atoms with Gasteiger partial charge in [0, 0.05) is 12.1 Å². The van der Waals surface area contributed by atoms with Gasteiger partial charge in [0.2, 0.25) is 0 Å². The lowest BCUT2D eigenvalue weighted by Gasteiger charge is -2.28. The quantitative estimate of drug-likeness (QED) is 0.750. The van der Waals surface area contributed by atoms with Crippen molar-refractivity contribution < 1.29 is 0 Å². The van der Waals surface area contributed by atoms with Crippen molar-refractivity contribution >= 4 is 17.3 Å². The van der Waals surface area contributed by atoms with E-state index < -0.39 is 0 Å². The average Bonchev–Trinajstić information content (AvgIpc) is 3.08. The lowest BCUT2D eigenvalue weighted by molar-refractivity contribution is 0.369. The van der Waals surface area contributed by atoms with Gasteiger partial charge in [-0.3, -0.25) is 0 Å². The molecule has 0 radical (unpaired) electrons. The molecule has 4 aliphatic carbocycles. The highest BCUT2D eigenvalue weighted by Crippen LogP contribution is 2.45. The van der Waals surface area contributed by atoms with Crippen molar-refractivity contribution in [1.82, 2.24) is 10.6 Å². The number of hydrogen-bond donors (Lipinski definition) is 2. The second-order valence-corrected chi connectivity index (χ2v) is 7.59. The van der Waals surface area contributed by atoms with Crippen molar-refractivity contribution in [2.45, 2.75) is 63.5 Å². The van der Waals surface area contributed by atoms with Gasteiger partial charge in [-0.15, -0.1) is 0 Å². The van der Waals surface area contributed by atoms with Gasteiger partial charge in [0.05, 0.1) is 0 Å². The molecule has 0 amide bonds. The maximum absolute atomic E-state index is 5.54. The van der Waals surface area contributed by atoms with E-state index in [1.165, 1.54) is 51.4 Å². The van der Waals surface area contributed by atoms with Crippen LogP contribution in [0.25, 0.3) is 0 Å². The summed E-state index contributed by atoms with van der Waals surface area (Å²) in [6, 6.07) is 1.37. The molecule has 0 saturated heterocycles. The summed E-state index contributed by atoms with van der Waals surface area (Å²) in [5.74, 6) is 3.82. The molecular weight excluding hydrogens is 240 g/mol. The molecule has 4 fully saturated rings. The zero-order valence-electron chi connectivity index (χ0n) is 11.0. The normalized spacial score (nSPS) is 48.7. The molecule has 0 aromatic rings. The Morgan fingerprint density at radius 1 is 0.722 bits per heavy atom. The monoisotopic (exact) mass is 264 g/mol. The third-order valence-electron chi connectivity index (χ3n) is 6.11. The first-order chi connectivity index (χ1) is 8.78. The second-order valence-electron chi connectivity index (χ2n) is 7.18. The van der Waals surface area contributed by atoms with Crippen molar-refractivity contribution in [2.24, 2.45) is 23.7 Å². The van der Waals surface area contributed by atoms with Gasteiger partial charge < -0.3 is 10.6 Å². The van der Waals surface area contributed by atoms with Crippen LogP contribution in [0.2, 0.25) is 0 Å². The first-order valence-corrected chi connectivity index (χ1v) is 8.26. The van der Waals surface area contributed by atoms with Crippen LogP contribution >= 0.6 is 12.2 Å². The lowest BCUT2D eigenvalue weighted by Crippen LogP contribution is -2.49. The summed E-state index contributed by atoms with van der Waals surface area (Å²) in [5, 5.41) is 8.18. The molecule has 4 rings (SSSR count). The number of hydrogen-bond acceptors (Lipinski definition) is 1. The van der Waals surface area contributed by atoms with Crippen LogP contribution in [-0.4, -0.2) is 17.2 Å². The smallest absolute Gasteiger partial charge is 0.166 e. The molecule has 6 unspecified atom stereocenters. The zero-order valence-corrected chi connectivity index (χ0v) is 11.8. The van der Waals surface area contributed by atoms with E-state index in [0.717, 1.165) is 28.8 Å². The van der Waals surface area contributed by atoms with Crippen LogP contribution < -0.4 is 10.6 Å². The summed E-state index contributed by atoms with van der Waals surface area (Å²) in [4.78, 5) is 0. The minimum absolute atomic E-state index is 0.683. The summed E-state index contributed by atoms with van der Waals surface area (Å²) in [7, 11) is 0. The Balaban J connectivity index is 1.29. The number of nitrogens with one attached hydrogen (secondary N) is 2. The van der Waals surface area contributed by atoms with Crippen LogP contribution in [0.15, 0.2) is 0 Å². The standard InChI is InChI=1S/C15H24N2S/c18-15(16-13-7-9-1-3-11(13)5-9)17-14-8-10-2-4-12(14)6-10/h9-14H,1-8H2,(H2,16,17,18). The Hall–Kier alpha value is -0.310.